The maximum Gasteiger partial charge on any atom is 0.328 e. The van der Waals surface area contributed by atoms with Crippen LogP contribution in [0.3, 0.4) is 0 Å². The molecule has 0 aliphatic rings. The largest absolute Gasteiger partial charge is 0.496 e. The highest BCUT2D eigenvalue weighted by Crippen LogP contribution is 2.22. The van der Waals surface area contributed by atoms with Crippen LogP contribution >= 0.6 is 0 Å². The first-order valence-electron chi connectivity index (χ1n) is 5.55. The van der Waals surface area contributed by atoms with Gasteiger partial charge in [0.1, 0.15) is 5.75 Å². The summed E-state index contributed by atoms with van der Waals surface area (Å²) in [5.41, 5.74) is 0.406. The number of aromatic nitrogens is 2. The predicted molar refractivity (Wildman–Crippen MR) is 68.4 cm³/mol. The van der Waals surface area contributed by atoms with E-state index in [1.54, 1.807) is 25.5 Å². The lowest BCUT2D eigenvalue weighted by molar-refractivity contribution is -0.385. The molecule has 0 aliphatic heterocycles. The molecule has 2 aromatic rings. The van der Waals surface area contributed by atoms with Gasteiger partial charge in [0.2, 0.25) is 0 Å². The number of ether oxygens (including phenoxy) is 1. The lowest BCUT2D eigenvalue weighted by Crippen LogP contribution is -2.22. The number of imidazole rings is 1. The number of nitro benzene ring substituents is 1. The van der Waals surface area contributed by atoms with Crippen molar-refractivity contribution in [1.82, 2.24) is 9.13 Å². The molecule has 0 radical (unpaired) electrons. The van der Waals surface area contributed by atoms with Crippen LogP contribution in [-0.4, -0.2) is 21.2 Å². The van der Waals surface area contributed by atoms with E-state index in [9.17, 15) is 14.9 Å². The van der Waals surface area contributed by atoms with Crippen molar-refractivity contribution in [3.63, 3.8) is 0 Å². The molecule has 1 aromatic carbocycles. The molecule has 0 atom stereocenters. The Bertz CT molecular complexity index is 672. The van der Waals surface area contributed by atoms with E-state index >= 15 is 0 Å². The Morgan fingerprint density at radius 2 is 2.05 bits per heavy atom. The van der Waals surface area contributed by atoms with Crippen molar-refractivity contribution in [2.24, 2.45) is 7.05 Å². The first kappa shape index (κ1) is 12.9. The van der Waals surface area contributed by atoms with Crippen molar-refractivity contribution in [2.45, 2.75) is 6.54 Å². The van der Waals surface area contributed by atoms with Crippen molar-refractivity contribution in [3.05, 3.63) is 56.8 Å². The highest BCUT2D eigenvalue weighted by molar-refractivity contribution is 5.42. The third-order valence-corrected chi connectivity index (χ3v) is 2.77. The zero-order chi connectivity index (χ0) is 14.0. The Balaban J connectivity index is 2.39. The Kier molecular flexibility index (Phi) is 3.37. The molecule has 0 N–H and O–H groups in total. The van der Waals surface area contributed by atoms with E-state index in [0.29, 0.717) is 11.3 Å². The van der Waals surface area contributed by atoms with Crippen LogP contribution in [0.15, 0.2) is 35.4 Å². The Morgan fingerprint density at radius 3 is 2.58 bits per heavy atom. The molecule has 0 unspecified atom stereocenters. The Labute approximate surface area is 108 Å². The van der Waals surface area contributed by atoms with Crippen LogP contribution in [-0.2, 0) is 13.6 Å². The van der Waals surface area contributed by atoms with Gasteiger partial charge in [0, 0.05) is 25.5 Å². The molecule has 0 aliphatic carbocycles. The van der Waals surface area contributed by atoms with Gasteiger partial charge >= 0.3 is 5.69 Å². The van der Waals surface area contributed by atoms with Crippen LogP contribution in [0, 0.1) is 10.1 Å². The molecule has 1 aromatic heterocycles. The summed E-state index contributed by atoms with van der Waals surface area (Å²) in [6.07, 6.45) is 3.27. The average Bonchev–Trinajstić information content (AvgIpc) is 2.70. The quantitative estimate of drug-likeness (QED) is 0.612. The lowest BCUT2D eigenvalue weighted by atomic mass is 10.2. The minimum atomic E-state index is -0.486. The number of non-ortho nitro benzene ring substituents is 1. The van der Waals surface area contributed by atoms with Gasteiger partial charge in [0.25, 0.3) is 5.69 Å². The Hall–Kier alpha value is -2.57. The number of nitro groups is 1. The molecular weight excluding hydrogens is 250 g/mol. The van der Waals surface area contributed by atoms with Crippen LogP contribution < -0.4 is 10.4 Å². The number of methoxy groups -OCH3 is 1. The topological polar surface area (TPSA) is 79.3 Å². The molecule has 1 heterocycles. The third kappa shape index (κ3) is 2.65. The van der Waals surface area contributed by atoms with Crippen LogP contribution in [0.1, 0.15) is 5.56 Å². The summed E-state index contributed by atoms with van der Waals surface area (Å²) in [5, 5.41) is 10.8. The molecule has 2 rings (SSSR count). The van der Waals surface area contributed by atoms with Gasteiger partial charge in [-0.3, -0.25) is 14.7 Å². The van der Waals surface area contributed by atoms with Gasteiger partial charge in [0.15, 0.2) is 0 Å². The number of aryl methyl sites for hydroxylation is 1. The predicted octanol–water partition coefficient (Wildman–Crippen LogP) is 1.15. The van der Waals surface area contributed by atoms with Crippen molar-refractivity contribution < 1.29 is 9.66 Å². The van der Waals surface area contributed by atoms with E-state index in [1.807, 2.05) is 0 Å². The van der Waals surface area contributed by atoms with E-state index in [2.05, 4.69) is 0 Å². The first-order valence-corrected chi connectivity index (χ1v) is 5.55. The second-order valence-corrected chi connectivity index (χ2v) is 4.12. The van der Waals surface area contributed by atoms with E-state index in [1.165, 1.54) is 28.4 Å². The van der Waals surface area contributed by atoms with Crippen LogP contribution in [0.25, 0.3) is 0 Å². The molecular formula is C12H13N3O4. The zero-order valence-electron chi connectivity index (χ0n) is 10.6. The van der Waals surface area contributed by atoms with Gasteiger partial charge in [-0.15, -0.1) is 0 Å². The van der Waals surface area contributed by atoms with E-state index in [4.69, 9.17) is 4.74 Å². The van der Waals surface area contributed by atoms with Crippen LogP contribution in [0.5, 0.6) is 5.75 Å². The highest BCUT2D eigenvalue weighted by Gasteiger charge is 2.11. The molecule has 0 saturated heterocycles. The molecule has 0 saturated carbocycles. The molecule has 19 heavy (non-hydrogen) atoms. The van der Waals surface area contributed by atoms with Crippen molar-refractivity contribution in [1.29, 1.82) is 0 Å². The lowest BCUT2D eigenvalue weighted by Gasteiger charge is -2.05. The SMILES string of the molecule is COc1cc(Cn2ccn(C)c2=O)cc([N+](=O)[O-])c1. The second kappa shape index (κ2) is 4.97. The minimum Gasteiger partial charge on any atom is -0.496 e. The fourth-order valence-electron chi connectivity index (χ4n) is 1.79. The van der Waals surface area contributed by atoms with Gasteiger partial charge in [-0.25, -0.2) is 4.79 Å². The maximum absolute atomic E-state index is 11.7. The maximum atomic E-state index is 11.7. The molecule has 7 nitrogen and oxygen atoms in total. The van der Waals surface area contributed by atoms with Crippen molar-refractivity contribution >= 4 is 5.69 Å². The van der Waals surface area contributed by atoms with Gasteiger partial charge in [-0.2, -0.15) is 0 Å². The summed E-state index contributed by atoms with van der Waals surface area (Å²) in [6.45, 7) is 0.262. The summed E-state index contributed by atoms with van der Waals surface area (Å²) in [5.74, 6) is 0.396. The van der Waals surface area contributed by atoms with Crippen LogP contribution in [0.4, 0.5) is 5.69 Å². The molecule has 0 bridgehead atoms. The number of benzene rings is 1. The summed E-state index contributed by atoms with van der Waals surface area (Å²) < 4.78 is 7.93. The monoisotopic (exact) mass is 263 g/mol. The molecule has 0 fully saturated rings. The van der Waals surface area contributed by atoms with E-state index in [0.717, 1.165) is 0 Å². The first-order chi connectivity index (χ1) is 9.01. The number of hydrogen-bond donors (Lipinski definition) is 0. The third-order valence-electron chi connectivity index (χ3n) is 2.77. The summed E-state index contributed by atoms with van der Waals surface area (Å²) in [7, 11) is 3.09. The summed E-state index contributed by atoms with van der Waals surface area (Å²) >= 11 is 0. The second-order valence-electron chi connectivity index (χ2n) is 4.12. The Morgan fingerprint density at radius 1 is 1.32 bits per heavy atom. The fraction of sp³-hybridized carbons (Fsp3) is 0.250. The van der Waals surface area contributed by atoms with E-state index < -0.39 is 4.92 Å². The van der Waals surface area contributed by atoms with E-state index in [-0.39, 0.29) is 17.9 Å². The standard InChI is InChI=1S/C12H13N3O4/c1-13-3-4-14(12(13)16)8-9-5-10(15(17)18)7-11(6-9)19-2/h3-7H,8H2,1-2H3. The van der Waals surface area contributed by atoms with Gasteiger partial charge in [0.05, 0.1) is 24.6 Å². The van der Waals surface area contributed by atoms with Gasteiger partial charge in [-0.05, 0) is 11.6 Å². The average molecular weight is 263 g/mol. The highest BCUT2D eigenvalue weighted by atomic mass is 16.6. The molecule has 100 valence electrons. The fourth-order valence-corrected chi connectivity index (χ4v) is 1.79. The normalized spacial score (nSPS) is 10.4. The minimum absolute atomic E-state index is 0.0571. The van der Waals surface area contributed by atoms with Crippen molar-refractivity contribution in [3.8, 4) is 5.75 Å². The summed E-state index contributed by atoms with van der Waals surface area (Å²) in [6, 6.07) is 4.45. The number of hydrogen-bond acceptors (Lipinski definition) is 4. The molecule has 0 amide bonds. The summed E-state index contributed by atoms with van der Waals surface area (Å²) in [4.78, 5) is 22.0. The smallest absolute Gasteiger partial charge is 0.328 e. The number of nitrogens with zero attached hydrogens (tertiary/aromatic N) is 3. The molecule has 0 spiro atoms. The number of rotatable bonds is 4. The zero-order valence-corrected chi connectivity index (χ0v) is 10.6. The molecule has 7 heteroatoms. The van der Waals surface area contributed by atoms with Gasteiger partial charge < -0.3 is 9.30 Å². The van der Waals surface area contributed by atoms with Crippen LogP contribution in [0.2, 0.25) is 0 Å². The van der Waals surface area contributed by atoms with Gasteiger partial charge in [-0.1, -0.05) is 0 Å². The van der Waals surface area contributed by atoms with Crippen molar-refractivity contribution in [2.75, 3.05) is 7.11 Å².